The van der Waals surface area contributed by atoms with Crippen LogP contribution in [-0.2, 0) is 14.6 Å². The molecule has 80 valence electrons. The fraction of sp³-hybridized carbons (Fsp3) is 0.600. The van der Waals surface area contributed by atoms with Gasteiger partial charge in [0.25, 0.3) is 0 Å². The summed E-state index contributed by atoms with van der Waals surface area (Å²) in [5, 5.41) is 0. The molecule has 0 bridgehead atoms. The van der Waals surface area contributed by atoms with Crippen molar-refractivity contribution in [2.24, 2.45) is 0 Å². The zero-order chi connectivity index (χ0) is 10.7. The molecule has 14 heavy (non-hydrogen) atoms. The molecule has 0 fully saturated rings. The van der Waals surface area contributed by atoms with E-state index in [2.05, 4.69) is 0 Å². The highest BCUT2D eigenvalue weighted by molar-refractivity contribution is 7.93. The van der Waals surface area contributed by atoms with E-state index >= 15 is 0 Å². The van der Waals surface area contributed by atoms with Crippen molar-refractivity contribution in [1.82, 2.24) is 0 Å². The first-order chi connectivity index (χ1) is 6.52. The van der Waals surface area contributed by atoms with Crippen LogP contribution in [0.15, 0.2) is 24.3 Å². The largest absolute Gasteiger partial charge is 0.384 e. The van der Waals surface area contributed by atoms with E-state index in [4.69, 9.17) is 4.74 Å². The second-order valence-electron chi connectivity index (χ2n) is 3.62. The van der Waals surface area contributed by atoms with Gasteiger partial charge < -0.3 is 4.74 Å². The standard InChI is InChI=1S/C10H16O3S/c1-10(6-4-3-5-7-10)14(11,12)9-8-13-2/h3-6H,7-9H2,1-2H3. The second-order valence-corrected chi connectivity index (χ2v) is 6.19. The molecule has 1 aliphatic rings. The Hall–Kier alpha value is -0.610. The number of allylic oxidation sites excluding steroid dienone is 3. The molecule has 1 atom stereocenters. The van der Waals surface area contributed by atoms with Gasteiger partial charge in [-0.15, -0.1) is 0 Å². The minimum Gasteiger partial charge on any atom is -0.384 e. The molecule has 1 rings (SSSR count). The predicted octanol–water partition coefficient (Wildman–Crippen LogP) is 1.32. The van der Waals surface area contributed by atoms with Gasteiger partial charge in [0.1, 0.15) is 0 Å². The Bertz CT molecular complexity index is 340. The quantitative estimate of drug-likeness (QED) is 0.712. The van der Waals surface area contributed by atoms with Gasteiger partial charge in [-0.3, -0.25) is 0 Å². The molecular weight excluding hydrogens is 200 g/mol. The summed E-state index contributed by atoms with van der Waals surface area (Å²) in [7, 11) is -1.60. The molecular formula is C10H16O3S. The van der Waals surface area contributed by atoms with Gasteiger partial charge >= 0.3 is 0 Å². The Kier molecular flexibility index (Phi) is 3.50. The van der Waals surface area contributed by atoms with Crippen LogP contribution in [0.4, 0.5) is 0 Å². The average molecular weight is 216 g/mol. The molecule has 0 aliphatic heterocycles. The summed E-state index contributed by atoms with van der Waals surface area (Å²) in [6.45, 7) is 2.01. The van der Waals surface area contributed by atoms with Crippen LogP contribution in [-0.4, -0.2) is 32.6 Å². The predicted molar refractivity (Wildman–Crippen MR) is 57.0 cm³/mol. The summed E-state index contributed by atoms with van der Waals surface area (Å²) < 4.78 is 27.8. The molecule has 0 spiro atoms. The zero-order valence-electron chi connectivity index (χ0n) is 8.56. The minimum atomic E-state index is -3.11. The first-order valence-corrected chi connectivity index (χ1v) is 6.23. The lowest BCUT2D eigenvalue weighted by atomic mass is 10.0. The molecule has 0 radical (unpaired) electrons. The van der Waals surface area contributed by atoms with Crippen LogP contribution in [0.5, 0.6) is 0 Å². The molecule has 0 saturated heterocycles. The number of rotatable bonds is 4. The topological polar surface area (TPSA) is 43.4 Å². The second kappa shape index (κ2) is 4.28. The Morgan fingerprint density at radius 2 is 2.14 bits per heavy atom. The normalized spacial score (nSPS) is 26.7. The van der Waals surface area contributed by atoms with Crippen LogP contribution in [0.2, 0.25) is 0 Å². The molecule has 0 N–H and O–H groups in total. The molecule has 4 heteroatoms. The lowest BCUT2D eigenvalue weighted by Crippen LogP contribution is -2.36. The van der Waals surface area contributed by atoms with Gasteiger partial charge in [-0.2, -0.15) is 0 Å². The average Bonchev–Trinajstić information content (AvgIpc) is 2.16. The molecule has 1 aliphatic carbocycles. The van der Waals surface area contributed by atoms with Crippen LogP contribution in [0, 0.1) is 0 Å². The van der Waals surface area contributed by atoms with Gasteiger partial charge in [-0.1, -0.05) is 24.3 Å². The first-order valence-electron chi connectivity index (χ1n) is 4.57. The van der Waals surface area contributed by atoms with Crippen molar-refractivity contribution < 1.29 is 13.2 Å². The maximum absolute atomic E-state index is 11.9. The van der Waals surface area contributed by atoms with Crippen molar-refractivity contribution in [3.63, 3.8) is 0 Å². The molecule has 0 saturated carbocycles. The van der Waals surface area contributed by atoms with Crippen LogP contribution in [0.3, 0.4) is 0 Å². The highest BCUT2D eigenvalue weighted by Crippen LogP contribution is 2.27. The number of hydrogen-bond donors (Lipinski definition) is 0. The Labute approximate surface area is 85.4 Å². The van der Waals surface area contributed by atoms with Gasteiger partial charge in [0.05, 0.1) is 17.1 Å². The van der Waals surface area contributed by atoms with E-state index in [0.29, 0.717) is 6.42 Å². The summed E-state index contributed by atoms with van der Waals surface area (Å²) in [5.41, 5.74) is 0. The summed E-state index contributed by atoms with van der Waals surface area (Å²) in [5.74, 6) is 0.0815. The van der Waals surface area contributed by atoms with Crippen LogP contribution >= 0.6 is 0 Å². The lowest BCUT2D eigenvalue weighted by Gasteiger charge is -2.26. The van der Waals surface area contributed by atoms with Crippen molar-refractivity contribution in [3.8, 4) is 0 Å². The SMILES string of the molecule is COCCS(=O)(=O)C1(C)C=CC=CC1. The molecule has 0 aromatic heterocycles. The van der Waals surface area contributed by atoms with Crippen molar-refractivity contribution in [2.75, 3.05) is 19.5 Å². The van der Waals surface area contributed by atoms with Crippen molar-refractivity contribution in [2.45, 2.75) is 18.1 Å². The van der Waals surface area contributed by atoms with E-state index in [0.717, 1.165) is 0 Å². The zero-order valence-corrected chi connectivity index (χ0v) is 9.38. The van der Waals surface area contributed by atoms with Crippen LogP contribution in [0.25, 0.3) is 0 Å². The highest BCUT2D eigenvalue weighted by Gasteiger charge is 2.35. The highest BCUT2D eigenvalue weighted by atomic mass is 32.2. The summed E-state index contributed by atoms with van der Waals surface area (Å²) >= 11 is 0. The van der Waals surface area contributed by atoms with E-state index < -0.39 is 14.6 Å². The molecule has 0 heterocycles. The number of ether oxygens (including phenoxy) is 1. The lowest BCUT2D eigenvalue weighted by molar-refractivity contribution is 0.216. The van der Waals surface area contributed by atoms with E-state index in [1.165, 1.54) is 7.11 Å². The molecule has 1 unspecified atom stereocenters. The number of hydrogen-bond acceptors (Lipinski definition) is 3. The van der Waals surface area contributed by atoms with E-state index in [1.54, 1.807) is 19.1 Å². The Morgan fingerprint density at radius 3 is 2.64 bits per heavy atom. The third kappa shape index (κ3) is 2.25. The van der Waals surface area contributed by atoms with E-state index in [9.17, 15) is 8.42 Å². The molecule has 0 amide bonds. The third-order valence-corrected chi connectivity index (χ3v) is 4.91. The van der Waals surface area contributed by atoms with E-state index in [1.807, 2.05) is 12.2 Å². The number of sulfone groups is 1. The summed E-state index contributed by atoms with van der Waals surface area (Å²) in [6.07, 6.45) is 7.83. The fourth-order valence-electron chi connectivity index (χ4n) is 1.36. The molecule has 0 aromatic rings. The van der Waals surface area contributed by atoms with Crippen molar-refractivity contribution in [3.05, 3.63) is 24.3 Å². The van der Waals surface area contributed by atoms with Gasteiger partial charge in [-0.05, 0) is 13.3 Å². The first kappa shape index (κ1) is 11.5. The van der Waals surface area contributed by atoms with Gasteiger partial charge in [0.15, 0.2) is 9.84 Å². The third-order valence-electron chi connectivity index (χ3n) is 2.49. The van der Waals surface area contributed by atoms with E-state index in [-0.39, 0.29) is 12.4 Å². The smallest absolute Gasteiger partial charge is 0.161 e. The van der Waals surface area contributed by atoms with Crippen LogP contribution in [0.1, 0.15) is 13.3 Å². The minimum absolute atomic E-state index is 0.0815. The van der Waals surface area contributed by atoms with Crippen molar-refractivity contribution in [1.29, 1.82) is 0 Å². The molecule has 3 nitrogen and oxygen atoms in total. The number of methoxy groups -OCH3 is 1. The Morgan fingerprint density at radius 1 is 1.43 bits per heavy atom. The Balaban J connectivity index is 2.81. The fourth-order valence-corrected chi connectivity index (χ4v) is 2.85. The maximum atomic E-state index is 11.9. The van der Waals surface area contributed by atoms with Crippen LogP contribution < -0.4 is 0 Å². The monoisotopic (exact) mass is 216 g/mol. The maximum Gasteiger partial charge on any atom is 0.161 e. The molecule has 0 aromatic carbocycles. The van der Waals surface area contributed by atoms with Gasteiger partial charge in [0.2, 0.25) is 0 Å². The summed E-state index contributed by atoms with van der Waals surface area (Å²) in [6, 6.07) is 0. The van der Waals surface area contributed by atoms with Gasteiger partial charge in [0, 0.05) is 7.11 Å². The van der Waals surface area contributed by atoms with Gasteiger partial charge in [-0.25, -0.2) is 8.42 Å². The van der Waals surface area contributed by atoms with Crippen molar-refractivity contribution >= 4 is 9.84 Å². The summed E-state index contributed by atoms with van der Waals surface area (Å²) in [4.78, 5) is 0.